The Hall–Kier alpha value is -2.40. The normalized spacial score (nSPS) is 10.4. The van der Waals surface area contributed by atoms with E-state index >= 15 is 0 Å². The number of furan rings is 1. The van der Waals surface area contributed by atoms with Crippen molar-refractivity contribution in [3.05, 3.63) is 65.7 Å². The summed E-state index contributed by atoms with van der Waals surface area (Å²) < 4.78 is 5.04. The van der Waals surface area contributed by atoms with E-state index in [1.54, 1.807) is 29.7 Å². The fourth-order valence-electron chi connectivity index (χ4n) is 1.84. The topological polar surface area (TPSA) is 55.1 Å². The van der Waals surface area contributed by atoms with Crippen LogP contribution in [0.4, 0.5) is 0 Å². The molecule has 1 N–H and O–H groups in total. The Balaban J connectivity index is 1.69. The van der Waals surface area contributed by atoms with Gasteiger partial charge in [-0.05, 0) is 35.2 Å². The van der Waals surface area contributed by atoms with Crippen molar-refractivity contribution >= 4 is 17.2 Å². The van der Waals surface area contributed by atoms with Gasteiger partial charge in [-0.25, -0.2) is 0 Å². The zero-order valence-electron chi connectivity index (χ0n) is 10.6. The lowest BCUT2D eigenvalue weighted by molar-refractivity contribution is 0.0923. The second kappa shape index (κ2) is 5.71. The molecule has 0 fully saturated rings. The maximum atomic E-state index is 11.8. The van der Waals surface area contributed by atoms with E-state index < -0.39 is 0 Å². The Morgan fingerprint density at radius 3 is 3.00 bits per heavy atom. The van der Waals surface area contributed by atoms with Crippen molar-refractivity contribution in [2.45, 2.75) is 6.54 Å². The van der Waals surface area contributed by atoms with Crippen molar-refractivity contribution in [1.29, 1.82) is 0 Å². The third kappa shape index (κ3) is 2.78. The van der Waals surface area contributed by atoms with E-state index in [4.69, 9.17) is 4.42 Å². The Kier molecular flexibility index (Phi) is 3.60. The summed E-state index contributed by atoms with van der Waals surface area (Å²) >= 11 is 1.66. The lowest BCUT2D eigenvalue weighted by Gasteiger charge is -2.05. The number of pyridine rings is 1. The van der Waals surface area contributed by atoms with E-state index in [9.17, 15) is 4.79 Å². The second-order valence-electron chi connectivity index (χ2n) is 4.22. The molecule has 0 unspecified atom stereocenters. The van der Waals surface area contributed by atoms with Gasteiger partial charge in [-0.1, -0.05) is 6.07 Å². The third-order valence-corrected chi connectivity index (χ3v) is 3.72. The van der Waals surface area contributed by atoms with Crippen molar-refractivity contribution in [2.24, 2.45) is 0 Å². The molecule has 0 aliphatic rings. The molecule has 0 aromatic carbocycles. The molecule has 20 heavy (non-hydrogen) atoms. The number of amides is 1. The van der Waals surface area contributed by atoms with Crippen molar-refractivity contribution in [2.75, 3.05) is 0 Å². The third-order valence-electron chi connectivity index (χ3n) is 2.80. The molecule has 0 saturated heterocycles. The summed E-state index contributed by atoms with van der Waals surface area (Å²) in [5.41, 5.74) is 2.01. The predicted octanol–water partition coefficient (Wildman–Crippen LogP) is 3.33. The van der Waals surface area contributed by atoms with E-state index in [1.807, 2.05) is 29.8 Å². The van der Waals surface area contributed by atoms with Gasteiger partial charge in [0.1, 0.15) is 0 Å². The molecule has 1 amide bonds. The van der Waals surface area contributed by atoms with Crippen LogP contribution < -0.4 is 5.32 Å². The van der Waals surface area contributed by atoms with Crippen LogP contribution >= 0.6 is 11.3 Å². The minimum atomic E-state index is -0.225. The van der Waals surface area contributed by atoms with E-state index in [0.717, 1.165) is 16.0 Å². The van der Waals surface area contributed by atoms with Crippen LogP contribution in [0, 0.1) is 0 Å². The molecule has 3 heterocycles. The molecule has 0 saturated carbocycles. The maximum absolute atomic E-state index is 11.8. The van der Waals surface area contributed by atoms with Crippen molar-refractivity contribution in [1.82, 2.24) is 10.3 Å². The number of rotatable bonds is 4. The summed E-state index contributed by atoms with van der Waals surface area (Å²) in [6, 6.07) is 9.41. The molecule has 3 aromatic heterocycles. The van der Waals surface area contributed by atoms with Gasteiger partial charge in [-0.3, -0.25) is 9.78 Å². The quantitative estimate of drug-likeness (QED) is 0.799. The molecule has 5 heteroatoms. The van der Waals surface area contributed by atoms with Crippen LogP contribution in [-0.2, 0) is 6.54 Å². The summed E-state index contributed by atoms with van der Waals surface area (Å²) in [4.78, 5) is 17.1. The molecule has 0 atom stereocenters. The Bertz CT molecular complexity index is 691. The molecule has 0 aliphatic heterocycles. The first-order valence-electron chi connectivity index (χ1n) is 6.12. The zero-order chi connectivity index (χ0) is 13.8. The van der Waals surface area contributed by atoms with Crippen molar-refractivity contribution in [3.8, 4) is 10.4 Å². The van der Waals surface area contributed by atoms with Gasteiger partial charge in [0.05, 0.1) is 6.26 Å². The molecule has 0 bridgehead atoms. The zero-order valence-corrected chi connectivity index (χ0v) is 11.4. The number of aromatic nitrogens is 1. The largest absolute Gasteiger partial charge is 0.459 e. The van der Waals surface area contributed by atoms with Gasteiger partial charge >= 0.3 is 0 Å². The van der Waals surface area contributed by atoms with Crippen LogP contribution in [0.15, 0.2) is 58.8 Å². The second-order valence-corrected chi connectivity index (χ2v) is 5.17. The van der Waals surface area contributed by atoms with Gasteiger partial charge in [0.25, 0.3) is 5.91 Å². The molecule has 100 valence electrons. The Labute approximate surface area is 120 Å². The van der Waals surface area contributed by atoms with Crippen molar-refractivity contribution in [3.63, 3.8) is 0 Å². The highest BCUT2D eigenvalue weighted by molar-refractivity contribution is 7.13. The molecule has 0 aliphatic carbocycles. The number of carbonyl (C=O) groups excluding carboxylic acids is 1. The number of carbonyl (C=O) groups is 1. The highest BCUT2D eigenvalue weighted by Crippen LogP contribution is 2.24. The number of hydrogen-bond donors (Lipinski definition) is 1. The van der Waals surface area contributed by atoms with Crippen LogP contribution in [0.1, 0.15) is 16.1 Å². The molecule has 4 nitrogen and oxygen atoms in total. The van der Waals surface area contributed by atoms with E-state index in [2.05, 4.69) is 10.3 Å². The molecule has 0 radical (unpaired) electrons. The maximum Gasteiger partial charge on any atom is 0.287 e. The van der Waals surface area contributed by atoms with E-state index in [-0.39, 0.29) is 5.91 Å². The smallest absolute Gasteiger partial charge is 0.287 e. The van der Waals surface area contributed by atoms with Crippen molar-refractivity contribution < 1.29 is 9.21 Å². The summed E-state index contributed by atoms with van der Waals surface area (Å²) in [5.74, 6) is 0.0869. The van der Waals surface area contributed by atoms with Crippen LogP contribution in [0.2, 0.25) is 0 Å². The molecule has 0 spiro atoms. The SMILES string of the molecule is O=C(NCc1cncc(-c2cccs2)c1)c1ccco1. The lowest BCUT2D eigenvalue weighted by Crippen LogP contribution is -2.22. The average Bonchev–Trinajstić information content (AvgIpc) is 3.17. The van der Waals surface area contributed by atoms with Crippen LogP contribution in [0.3, 0.4) is 0 Å². The average molecular weight is 284 g/mol. The molecule has 3 rings (SSSR count). The fraction of sp³-hybridized carbons (Fsp3) is 0.0667. The van der Waals surface area contributed by atoms with Crippen LogP contribution in [0.5, 0.6) is 0 Å². The van der Waals surface area contributed by atoms with Gasteiger partial charge in [0, 0.05) is 29.4 Å². The molecule has 3 aromatic rings. The standard InChI is InChI=1S/C15H12N2O2S/c18-15(13-3-1-5-19-13)17-9-11-7-12(10-16-8-11)14-4-2-6-20-14/h1-8,10H,9H2,(H,17,18). The summed E-state index contributed by atoms with van der Waals surface area (Å²) in [6.07, 6.45) is 5.05. The summed E-state index contributed by atoms with van der Waals surface area (Å²) in [6.45, 7) is 0.422. The number of hydrogen-bond acceptors (Lipinski definition) is 4. The minimum absolute atomic E-state index is 0.225. The Morgan fingerprint density at radius 2 is 2.25 bits per heavy atom. The first kappa shape index (κ1) is 12.6. The monoisotopic (exact) mass is 284 g/mol. The van der Waals surface area contributed by atoms with E-state index in [1.165, 1.54) is 6.26 Å². The van der Waals surface area contributed by atoms with Crippen LogP contribution in [0.25, 0.3) is 10.4 Å². The summed E-state index contributed by atoms with van der Waals surface area (Å²) in [5, 5.41) is 4.83. The minimum Gasteiger partial charge on any atom is -0.459 e. The molecular formula is C15H12N2O2S. The highest BCUT2D eigenvalue weighted by atomic mass is 32.1. The number of nitrogens with one attached hydrogen (secondary N) is 1. The number of thiophene rings is 1. The Morgan fingerprint density at radius 1 is 1.30 bits per heavy atom. The van der Waals surface area contributed by atoms with Crippen LogP contribution in [-0.4, -0.2) is 10.9 Å². The first-order valence-corrected chi connectivity index (χ1v) is 7.00. The van der Waals surface area contributed by atoms with Gasteiger partial charge in [0.2, 0.25) is 0 Å². The highest BCUT2D eigenvalue weighted by Gasteiger charge is 2.08. The van der Waals surface area contributed by atoms with Gasteiger partial charge in [-0.15, -0.1) is 11.3 Å². The first-order chi connectivity index (χ1) is 9.83. The van der Waals surface area contributed by atoms with Gasteiger partial charge in [-0.2, -0.15) is 0 Å². The van der Waals surface area contributed by atoms with E-state index in [0.29, 0.717) is 12.3 Å². The predicted molar refractivity (Wildman–Crippen MR) is 77.4 cm³/mol. The number of nitrogens with zero attached hydrogens (tertiary/aromatic N) is 1. The van der Waals surface area contributed by atoms with Gasteiger partial charge < -0.3 is 9.73 Å². The lowest BCUT2D eigenvalue weighted by atomic mass is 10.2. The summed E-state index contributed by atoms with van der Waals surface area (Å²) in [7, 11) is 0. The van der Waals surface area contributed by atoms with Gasteiger partial charge in [0.15, 0.2) is 5.76 Å². The molecular weight excluding hydrogens is 272 g/mol. The fourth-order valence-corrected chi connectivity index (χ4v) is 2.55.